The van der Waals surface area contributed by atoms with Crippen LogP contribution in [-0.2, 0) is 4.79 Å². The number of hydrogen-bond donors (Lipinski definition) is 1. The van der Waals surface area contributed by atoms with E-state index in [1.54, 1.807) is 4.90 Å². The van der Waals surface area contributed by atoms with Crippen LogP contribution in [0.1, 0.15) is 0 Å². The average molecular weight is 153 g/mol. The average Bonchev–Trinajstić information content (AvgIpc) is 1.95. The Bertz CT molecular complexity index is 210. The summed E-state index contributed by atoms with van der Waals surface area (Å²) in [7, 11) is 1.83. The molecule has 4 heteroatoms. The predicted molar refractivity (Wildman–Crippen MR) is 43.3 cm³/mol. The highest BCUT2D eigenvalue weighted by Crippen LogP contribution is 1.93. The summed E-state index contributed by atoms with van der Waals surface area (Å²) in [5.74, 6) is 0.884. The van der Waals surface area contributed by atoms with Crippen molar-refractivity contribution in [1.82, 2.24) is 10.2 Å². The third-order valence-corrected chi connectivity index (χ3v) is 1.51. The number of nitrogens with zero attached hydrogens (tertiary/aromatic N) is 2. The number of carbonyl (C=O) groups is 1. The van der Waals surface area contributed by atoms with E-state index in [4.69, 9.17) is 0 Å². The molecule has 11 heavy (non-hydrogen) atoms. The molecule has 0 aromatic heterocycles. The lowest BCUT2D eigenvalue weighted by Crippen LogP contribution is -2.49. The Labute approximate surface area is 65.6 Å². The van der Waals surface area contributed by atoms with Crippen LogP contribution in [0.15, 0.2) is 17.8 Å². The highest BCUT2D eigenvalue weighted by atomic mass is 16.2. The molecule has 1 aliphatic rings. The number of carbonyl (C=O) groups excluding carboxylic acids is 1. The number of amides is 1. The maximum absolute atomic E-state index is 10.8. The number of likely N-dealkylation sites (N-methyl/N-ethyl adjacent to an activating group) is 1. The second-order valence-corrected chi connectivity index (χ2v) is 2.36. The van der Waals surface area contributed by atoms with Crippen molar-refractivity contribution >= 4 is 11.7 Å². The van der Waals surface area contributed by atoms with Gasteiger partial charge in [-0.3, -0.25) is 4.79 Å². The van der Waals surface area contributed by atoms with Crippen LogP contribution in [0.4, 0.5) is 0 Å². The summed E-state index contributed by atoms with van der Waals surface area (Å²) in [6.45, 7) is 4.36. The Hall–Kier alpha value is -1.32. The standard InChI is InChI=1S/C7H11N3O/c1-3-8-6-4-9-7(11)5-10(6)2/h3H,1,4-5H2,2H3,(H,9,11). The molecule has 60 valence electrons. The predicted octanol–water partition coefficient (Wildman–Crippen LogP) is -0.410. The van der Waals surface area contributed by atoms with Gasteiger partial charge in [-0.05, 0) is 0 Å². The van der Waals surface area contributed by atoms with Gasteiger partial charge < -0.3 is 10.2 Å². The SMILES string of the molecule is C=CN=C1CNC(=O)CN1C. The largest absolute Gasteiger partial charge is 0.352 e. The first-order valence-corrected chi connectivity index (χ1v) is 3.39. The van der Waals surface area contributed by atoms with Crippen molar-refractivity contribution in [3.63, 3.8) is 0 Å². The molecule has 4 nitrogen and oxygen atoms in total. The molecule has 0 atom stereocenters. The van der Waals surface area contributed by atoms with Crippen LogP contribution in [0.2, 0.25) is 0 Å². The van der Waals surface area contributed by atoms with Crippen molar-refractivity contribution in [2.45, 2.75) is 0 Å². The normalized spacial score (nSPS) is 21.7. The lowest BCUT2D eigenvalue weighted by molar-refractivity contribution is -0.121. The minimum absolute atomic E-state index is 0.0375. The van der Waals surface area contributed by atoms with E-state index in [-0.39, 0.29) is 5.91 Å². The zero-order valence-corrected chi connectivity index (χ0v) is 6.50. The first-order chi connectivity index (χ1) is 5.24. The number of nitrogens with one attached hydrogen (secondary N) is 1. The Kier molecular flexibility index (Phi) is 2.25. The molecule has 0 bridgehead atoms. The molecule has 1 rings (SSSR count). The summed E-state index contributed by atoms with van der Waals surface area (Å²) in [6, 6.07) is 0. The van der Waals surface area contributed by atoms with Gasteiger partial charge in [0.25, 0.3) is 0 Å². The van der Waals surface area contributed by atoms with Crippen LogP contribution in [0.25, 0.3) is 0 Å². The summed E-state index contributed by atoms with van der Waals surface area (Å²) >= 11 is 0. The zero-order valence-electron chi connectivity index (χ0n) is 6.50. The molecule has 0 aliphatic carbocycles. The van der Waals surface area contributed by atoms with E-state index in [9.17, 15) is 4.79 Å². The minimum Gasteiger partial charge on any atom is -0.352 e. The topological polar surface area (TPSA) is 44.7 Å². The molecule has 0 unspecified atom stereocenters. The third kappa shape index (κ3) is 1.80. The molecule has 0 radical (unpaired) electrons. The van der Waals surface area contributed by atoms with E-state index in [2.05, 4.69) is 16.9 Å². The maximum atomic E-state index is 10.8. The van der Waals surface area contributed by atoms with E-state index in [1.807, 2.05) is 7.05 Å². The number of rotatable bonds is 1. The fourth-order valence-corrected chi connectivity index (χ4v) is 0.925. The van der Waals surface area contributed by atoms with Crippen LogP contribution < -0.4 is 5.32 Å². The fraction of sp³-hybridized carbons (Fsp3) is 0.429. The molecule has 0 saturated carbocycles. The van der Waals surface area contributed by atoms with Gasteiger partial charge in [0.05, 0.1) is 13.1 Å². The zero-order chi connectivity index (χ0) is 8.27. The van der Waals surface area contributed by atoms with Gasteiger partial charge in [0.15, 0.2) is 0 Å². The Morgan fingerprint density at radius 2 is 2.55 bits per heavy atom. The lowest BCUT2D eigenvalue weighted by Gasteiger charge is -2.25. The molecule has 0 aromatic carbocycles. The van der Waals surface area contributed by atoms with Gasteiger partial charge in [-0.2, -0.15) is 0 Å². The molecular formula is C7H11N3O. The molecule has 1 amide bonds. The first kappa shape index (κ1) is 7.78. The van der Waals surface area contributed by atoms with Gasteiger partial charge in [-0.25, -0.2) is 4.99 Å². The van der Waals surface area contributed by atoms with Crippen LogP contribution in [0, 0.1) is 0 Å². The molecular weight excluding hydrogens is 142 g/mol. The van der Waals surface area contributed by atoms with E-state index >= 15 is 0 Å². The second-order valence-electron chi connectivity index (χ2n) is 2.36. The number of amidine groups is 1. The molecule has 1 N–H and O–H groups in total. The van der Waals surface area contributed by atoms with E-state index < -0.39 is 0 Å². The second kappa shape index (κ2) is 3.18. The lowest BCUT2D eigenvalue weighted by atomic mass is 10.3. The number of hydrogen-bond acceptors (Lipinski definition) is 2. The fourth-order valence-electron chi connectivity index (χ4n) is 0.925. The first-order valence-electron chi connectivity index (χ1n) is 3.39. The molecule has 1 fully saturated rings. The molecule has 0 spiro atoms. The summed E-state index contributed by atoms with van der Waals surface area (Å²) in [5.41, 5.74) is 0. The highest BCUT2D eigenvalue weighted by molar-refractivity contribution is 5.95. The van der Waals surface area contributed by atoms with Crippen LogP contribution in [0.5, 0.6) is 0 Å². The highest BCUT2D eigenvalue weighted by Gasteiger charge is 2.16. The Morgan fingerprint density at radius 3 is 3.09 bits per heavy atom. The Morgan fingerprint density at radius 1 is 1.82 bits per heavy atom. The summed E-state index contributed by atoms with van der Waals surface area (Å²) in [6.07, 6.45) is 1.48. The van der Waals surface area contributed by atoms with Crippen molar-refractivity contribution in [3.8, 4) is 0 Å². The van der Waals surface area contributed by atoms with Gasteiger partial charge in [0.1, 0.15) is 5.84 Å². The quantitative estimate of drug-likeness (QED) is 0.556. The monoisotopic (exact) mass is 153 g/mol. The molecule has 0 aromatic rings. The van der Waals surface area contributed by atoms with E-state index in [0.29, 0.717) is 13.1 Å². The number of aliphatic imine (C=N–C) groups is 1. The van der Waals surface area contributed by atoms with Gasteiger partial charge in [0, 0.05) is 13.2 Å². The molecule has 1 heterocycles. The van der Waals surface area contributed by atoms with Crippen molar-refractivity contribution in [1.29, 1.82) is 0 Å². The van der Waals surface area contributed by atoms with Gasteiger partial charge in [-0.15, -0.1) is 0 Å². The van der Waals surface area contributed by atoms with Crippen molar-refractivity contribution in [2.24, 2.45) is 4.99 Å². The smallest absolute Gasteiger partial charge is 0.239 e. The minimum atomic E-state index is 0.0375. The van der Waals surface area contributed by atoms with Gasteiger partial charge >= 0.3 is 0 Å². The van der Waals surface area contributed by atoms with Gasteiger partial charge in [-0.1, -0.05) is 6.58 Å². The number of piperazine rings is 1. The van der Waals surface area contributed by atoms with Gasteiger partial charge in [0.2, 0.25) is 5.91 Å². The van der Waals surface area contributed by atoms with Crippen molar-refractivity contribution < 1.29 is 4.79 Å². The van der Waals surface area contributed by atoms with Crippen LogP contribution in [-0.4, -0.2) is 36.8 Å². The summed E-state index contributed by atoms with van der Waals surface area (Å²) in [4.78, 5) is 16.6. The van der Waals surface area contributed by atoms with Crippen molar-refractivity contribution in [2.75, 3.05) is 20.1 Å². The summed E-state index contributed by atoms with van der Waals surface area (Å²) in [5, 5.41) is 2.69. The van der Waals surface area contributed by atoms with E-state index in [1.165, 1.54) is 6.20 Å². The summed E-state index contributed by atoms with van der Waals surface area (Å²) < 4.78 is 0. The third-order valence-electron chi connectivity index (χ3n) is 1.51. The maximum Gasteiger partial charge on any atom is 0.239 e. The van der Waals surface area contributed by atoms with Crippen molar-refractivity contribution in [3.05, 3.63) is 12.8 Å². The molecule has 1 saturated heterocycles. The van der Waals surface area contributed by atoms with Crippen LogP contribution in [0.3, 0.4) is 0 Å². The van der Waals surface area contributed by atoms with Crippen LogP contribution >= 0.6 is 0 Å². The van der Waals surface area contributed by atoms with E-state index in [0.717, 1.165) is 5.84 Å². The molecule has 1 aliphatic heterocycles. The Balaban J connectivity index is 2.64.